The quantitative estimate of drug-likeness (QED) is 0.286. The number of rotatable bonds is 4. The summed E-state index contributed by atoms with van der Waals surface area (Å²) in [5, 5.41) is 19.3. The van der Waals surface area contributed by atoms with Crippen LogP contribution in [0.3, 0.4) is 0 Å². The molecular formula is C12H9NO7. The molecule has 1 rings (SSSR count). The smallest absolute Gasteiger partial charge is 0.382 e. The van der Waals surface area contributed by atoms with Crippen LogP contribution in [-0.4, -0.2) is 36.0 Å². The van der Waals surface area contributed by atoms with Crippen LogP contribution in [0, 0.1) is 22.0 Å². The second-order valence-electron chi connectivity index (χ2n) is 3.37. The summed E-state index contributed by atoms with van der Waals surface area (Å²) in [7, 11) is 2.58. The minimum atomic E-state index is -1.51. The standard InChI is InChI=1S/C12H9NO7/c1-19-10-5-7(9(14)3-4-12(15)16)8(13(17)18)6-11(10)20-2/h5-6H,1-2H3,(H,15,16). The molecule has 0 saturated heterocycles. The van der Waals surface area contributed by atoms with Gasteiger partial charge in [0.1, 0.15) is 5.56 Å². The van der Waals surface area contributed by atoms with Gasteiger partial charge in [0.15, 0.2) is 11.5 Å². The summed E-state index contributed by atoms with van der Waals surface area (Å²) in [5.74, 6) is 1.05. The summed E-state index contributed by atoms with van der Waals surface area (Å²) >= 11 is 0. The molecule has 1 aromatic rings. The first-order valence-electron chi connectivity index (χ1n) is 5.10. The molecule has 0 aliphatic carbocycles. The Labute approximate surface area is 113 Å². The summed E-state index contributed by atoms with van der Waals surface area (Å²) in [6, 6.07) is 2.09. The maximum Gasteiger partial charge on any atom is 0.382 e. The van der Waals surface area contributed by atoms with Gasteiger partial charge in [0.25, 0.3) is 5.69 Å². The molecule has 0 spiro atoms. The number of nitro benzene ring substituents is 1. The number of carbonyl (C=O) groups is 2. The van der Waals surface area contributed by atoms with Crippen LogP contribution in [0.15, 0.2) is 12.1 Å². The van der Waals surface area contributed by atoms with Gasteiger partial charge in [-0.05, 0) is 5.92 Å². The fourth-order valence-electron chi connectivity index (χ4n) is 1.38. The average Bonchev–Trinajstić information content (AvgIpc) is 2.42. The Bertz CT molecular complexity index is 639. The Morgan fingerprint density at radius 1 is 1.20 bits per heavy atom. The van der Waals surface area contributed by atoms with Crippen LogP contribution in [0.5, 0.6) is 11.5 Å². The largest absolute Gasteiger partial charge is 0.493 e. The van der Waals surface area contributed by atoms with Gasteiger partial charge >= 0.3 is 5.97 Å². The molecule has 0 unspecified atom stereocenters. The average molecular weight is 279 g/mol. The number of carboxylic acids is 1. The number of hydrogen-bond donors (Lipinski definition) is 1. The molecule has 0 radical (unpaired) electrons. The maximum absolute atomic E-state index is 11.7. The van der Waals surface area contributed by atoms with E-state index in [0.29, 0.717) is 0 Å². The van der Waals surface area contributed by atoms with Crippen molar-refractivity contribution in [3.8, 4) is 23.3 Å². The fourth-order valence-corrected chi connectivity index (χ4v) is 1.38. The summed E-state index contributed by atoms with van der Waals surface area (Å²) < 4.78 is 9.81. The number of Topliss-reactive ketones (excluding diaryl/α,β-unsaturated/α-hetero) is 1. The lowest BCUT2D eigenvalue weighted by atomic mass is 10.1. The molecule has 0 fully saturated rings. The van der Waals surface area contributed by atoms with E-state index < -0.39 is 22.4 Å². The number of nitrogens with zero attached hydrogens (tertiary/aromatic N) is 1. The minimum absolute atomic E-state index is 0.0712. The van der Waals surface area contributed by atoms with E-state index in [1.165, 1.54) is 14.2 Å². The van der Waals surface area contributed by atoms with Crippen molar-refractivity contribution in [2.45, 2.75) is 0 Å². The molecule has 0 heterocycles. The normalized spacial score (nSPS) is 9.10. The first-order valence-corrected chi connectivity index (χ1v) is 5.10. The van der Waals surface area contributed by atoms with Gasteiger partial charge in [-0.2, -0.15) is 0 Å². The van der Waals surface area contributed by atoms with Gasteiger partial charge < -0.3 is 14.6 Å². The third kappa shape index (κ3) is 3.23. The number of carboxylic acid groups (broad SMARTS) is 1. The fraction of sp³-hybridized carbons (Fsp3) is 0.167. The maximum atomic E-state index is 11.7. The number of ketones is 1. The van der Waals surface area contributed by atoms with E-state index in [-0.39, 0.29) is 17.1 Å². The zero-order valence-electron chi connectivity index (χ0n) is 10.5. The molecular weight excluding hydrogens is 270 g/mol. The Morgan fingerprint density at radius 2 is 1.75 bits per heavy atom. The topological polar surface area (TPSA) is 116 Å². The SMILES string of the molecule is COc1cc(C(=O)C#CC(=O)O)c([N+](=O)[O-])cc1OC. The molecule has 8 nitrogen and oxygen atoms in total. The number of nitro groups is 1. The van der Waals surface area contributed by atoms with Gasteiger partial charge in [0, 0.05) is 12.0 Å². The monoisotopic (exact) mass is 279 g/mol. The molecule has 0 bridgehead atoms. The molecule has 0 atom stereocenters. The number of benzene rings is 1. The Morgan fingerprint density at radius 3 is 2.20 bits per heavy atom. The number of carbonyl (C=O) groups excluding carboxylic acids is 1. The highest BCUT2D eigenvalue weighted by atomic mass is 16.6. The van der Waals surface area contributed by atoms with Crippen molar-refractivity contribution in [1.29, 1.82) is 0 Å². The summed E-state index contributed by atoms with van der Waals surface area (Å²) in [5.41, 5.74) is -0.922. The molecule has 0 aliphatic rings. The molecule has 0 saturated carbocycles. The van der Waals surface area contributed by atoms with Gasteiger partial charge in [-0.15, -0.1) is 0 Å². The molecule has 0 aliphatic heterocycles. The van der Waals surface area contributed by atoms with E-state index in [1.54, 1.807) is 11.8 Å². The molecule has 0 amide bonds. The van der Waals surface area contributed by atoms with Crippen molar-refractivity contribution in [3.63, 3.8) is 0 Å². The summed E-state index contributed by atoms with van der Waals surface area (Å²) in [4.78, 5) is 32.1. The third-order valence-electron chi connectivity index (χ3n) is 2.23. The van der Waals surface area contributed by atoms with Gasteiger partial charge in [-0.1, -0.05) is 0 Å². The zero-order chi connectivity index (χ0) is 15.3. The summed E-state index contributed by atoms with van der Waals surface area (Å²) in [6.45, 7) is 0. The van der Waals surface area contributed by atoms with Crippen molar-refractivity contribution in [1.82, 2.24) is 0 Å². The lowest BCUT2D eigenvalue weighted by molar-refractivity contribution is -0.385. The Hall–Kier alpha value is -3.08. The van der Waals surface area contributed by atoms with Crippen LogP contribution in [0.4, 0.5) is 5.69 Å². The highest BCUT2D eigenvalue weighted by Crippen LogP contribution is 2.34. The molecule has 1 N–H and O–H groups in total. The van der Waals surface area contributed by atoms with E-state index in [0.717, 1.165) is 12.1 Å². The van der Waals surface area contributed by atoms with Crippen LogP contribution >= 0.6 is 0 Å². The highest BCUT2D eigenvalue weighted by molar-refractivity contribution is 6.14. The minimum Gasteiger partial charge on any atom is -0.493 e. The van der Waals surface area contributed by atoms with Crippen molar-refractivity contribution in [2.24, 2.45) is 0 Å². The zero-order valence-corrected chi connectivity index (χ0v) is 10.5. The predicted molar refractivity (Wildman–Crippen MR) is 65.9 cm³/mol. The Balaban J connectivity index is 3.44. The van der Waals surface area contributed by atoms with Crippen molar-refractivity contribution < 1.29 is 29.1 Å². The number of methoxy groups -OCH3 is 2. The lowest BCUT2D eigenvalue weighted by Crippen LogP contribution is -2.04. The van der Waals surface area contributed by atoms with Crippen LogP contribution < -0.4 is 9.47 Å². The summed E-state index contributed by atoms with van der Waals surface area (Å²) in [6.07, 6.45) is 0. The number of hydrogen-bond acceptors (Lipinski definition) is 6. The van der Waals surface area contributed by atoms with Crippen molar-refractivity contribution in [3.05, 3.63) is 27.8 Å². The van der Waals surface area contributed by atoms with Gasteiger partial charge in [0.2, 0.25) is 5.78 Å². The number of ether oxygens (including phenoxy) is 2. The van der Waals surface area contributed by atoms with E-state index in [9.17, 15) is 19.7 Å². The van der Waals surface area contributed by atoms with E-state index in [4.69, 9.17) is 14.6 Å². The molecule has 104 valence electrons. The van der Waals surface area contributed by atoms with E-state index >= 15 is 0 Å². The molecule has 8 heteroatoms. The second-order valence-corrected chi connectivity index (χ2v) is 3.37. The lowest BCUT2D eigenvalue weighted by Gasteiger charge is -2.08. The van der Waals surface area contributed by atoms with Crippen molar-refractivity contribution in [2.75, 3.05) is 14.2 Å². The molecule has 0 aromatic heterocycles. The van der Waals surface area contributed by atoms with Gasteiger partial charge in [0.05, 0.1) is 25.2 Å². The van der Waals surface area contributed by atoms with Crippen LogP contribution in [0.2, 0.25) is 0 Å². The van der Waals surface area contributed by atoms with Gasteiger partial charge in [-0.3, -0.25) is 14.9 Å². The van der Waals surface area contributed by atoms with E-state index in [1.807, 2.05) is 0 Å². The first kappa shape index (κ1) is 15.0. The number of aliphatic carboxylic acids is 1. The second kappa shape index (κ2) is 6.19. The molecule has 20 heavy (non-hydrogen) atoms. The van der Waals surface area contributed by atoms with Gasteiger partial charge in [-0.25, -0.2) is 4.79 Å². The van der Waals surface area contributed by atoms with E-state index in [2.05, 4.69) is 0 Å². The van der Waals surface area contributed by atoms with Crippen LogP contribution in [0.25, 0.3) is 0 Å². The van der Waals surface area contributed by atoms with Crippen LogP contribution in [0.1, 0.15) is 10.4 Å². The molecule has 1 aromatic carbocycles. The van der Waals surface area contributed by atoms with Crippen molar-refractivity contribution >= 4 is 17.4 Å². The highest BCUT2D eigenvalue weighted by Gasteiger charge is 2.23. The third-order valence-corrected chi connectivity index (χ3v) is 2.23. The first-order chi connectivity index (χ1) is 9.40. The van der Waals surface area contributed by atoms with Crippen LogP contribution in [-0.2, 0) is 4.79 Å². The predicted octanol–water partition coefficient (Wildman–Crippen LogP) is 0.883. The Kier molecular flexibility index (Phi) is 4.64.